The Labute approximate surface area is 160 Å². The first-order valence-corrected chi connectivity index (χ1v) is 9.18. The maximum atomic E-state index is 13.0. The zero-order chi connectivity index (χ0) is 17.8. The van der Waals surface area contributed by atoms with Gasteiger partial charge in [-0.05, 0) is 50.2 Å². The van der Waals surface area contributed by atoms with Crippen LogP contribution in [0, 0.1) is 5.82 Å². The van der Waals surface area contributed by atoms with Crippen LogP contribution in [0.2, 0.25) is 0 Å². The Kier molecular flexibility index (Phi) is 7.41. The smallest absolute Gasteiger partial charge is 0.253 e. The molecule has 0 unspecified atom stereocenters. The van der Waals surface area contributed by atoms with Crippen LogP contribution in [-0.4, -0.2) is 71.8 Å². The lowest BCUT2D eigenvalue weighted by molar-refractivity contribution is -0.139. The molecular weight excluding hydrogens is 357 g/mol. The summed E-state index contributed by atoms with van der Waals surface area (Å²) in [5.41, 5.74) is 0.491. The highest BCUT2D eigenvalue weighted by atomic mass is 35.5. The van der Waals surface area contributed by atoms with Crippen molar-refractivity contribution in [1.29, 1.82) is 0 Å². The summed E-state index contributed by atoms with van der Waals surface area (Å²) >= 11 is 0. The molecule has 0 saturated carbocycles. The van der Waals surface area contributed by atoms with Gasteiger partial charge < -0.3 is 9.80 Å². The van der Waals surface area contributed by atoms with Crippen molar-refractivity contribution < 1.29 is 14.0 Å². The molecule has 2 aliphatic heterocycles. The number of hydrogen-bond acceptors (Lipinski definition) is 3. The first-order valence-electron chi connectivity index (χ1n) is 9.18. The third kappa shape index (κ3) is 4.54. The maximum absolute atomic E-state index is 13.0. The number of likely N-dealkylation sites (tertiary alicyclic amines) is 1. The Hall–Kier alpha value is -1.66. The number of piperidine rings is 1. The topological polar surface area (TPSA) is 43.9 Å². The first-order chi connectivity index (χ1) is 12.1. The summed E-state index contributed by atoms with van der Waals surface area (Å²) in [5.74, 6) is -0.240. The van der Waals surface area contributed by atoms with Gasteiger partial charge in [-0.2, -0.15) is 0 Å². The van der Waals surface area contributed by atoms with Crippen molar-refractivity contribution in [2.75, 3.05) is 39.3 Å². The quantitative estimate of drug-likeness (QED) is 0.805. The van der Waals surface area contributed by atoms with E-state index in [0.29, 0.717) is 31.7 Å². The van der Waals surface area contributed by atoms with Crippen LogP contribution in [0.4, 0.5) is 4.39 Å². The van der Waals surface area contributed by atoms with E-state index in [1.54, 1.807) is 4.90 Å². The third-order valence-electron chi connectivity index (χ3n) is 5.27. The van der Waals surface area contributed by atoms with Crippen molar-refractivity contribution >= 4 is 24.2 Å². The highest BCUT2D eigenvalue weighted by molar-refractivity contribution is 5.94. The van der Waals surface area contributed by atoms with Crippen molar-refractivity contribution in [2.24, 2.45) is 0 Å². The molecule has 1 aromatic carbocycles. The maximum Gasteiger partial charge on any atom is 0.253 e. The highest BCUT2D eigenvalue weighted by Crippen LogP contribution is 2.20. The summed E-state index contributed by atoms with van der Waals surface area (Å²) in [6.45, 7) is 6.20. The molecule has 0 aliphatic carbocycles. The van der Waals surface area contributed by atoms with Crippen molar-refractivity contribution in [1.82, 2.24) is 14.7 Å². The average Bonchev–Trinajstić information content (AvgIpc) is 2.67. The molecule has 0 radical (unpaired) electrons. The molecule has 0 bridgehead atoms. The van der Waals surface area contributed by atoms with Crippen molar-refractivity contribution in [3.8, 4) is 0 Å². The van der Waals surface area contributed by atoms with Crippen molar-refractivity contribution in [3.63, 3.8) is 0 Å². The molecular formula is C19H27ClFN3O2. The van der Waals surface area contributed by atoms with Gasteiger partial charge in [0.05, 0.1) is 6.04 Å². The molecule has 1 aromatic rings. The molecule has 2 amide bonds. The first kappa shape index (κ1) is 20.6. The monoisotopic (exact) mass is 383 g/mol. The summed E-state index contributed by atoms with van der Waals surface area (Å²) in [7, 11) is 0. The van der Waals surface area contributed by atoms with Gasteiger partial charge in [0.25, 0.3) is 5.91 Å². The Morgan fingerprint density at radius 1 is 1.00 bits per heavy atom. The molecule has 3 rings (SSSR count). The number of benzene rings is 1. The minimum absolute atomic E-state index is 0. The second-order valence-corrected chi connectivity index (χ2v) is 6.76. The minimum Gasteiger partial charge on any atom is -0.338 e. The summed E-state index contributed by atoms with van der Waals surface area (Å²) in [5, 5.41) is 0. The van der Waals surface area contributed by atoms with E-state index in [0.717, 1.165) is 32.4 Å². The van der Waals surface area contributed by atoms with E-state index in [2.05, 4.69) is 11.8 Å². The van der Waals surface area contributed by atoms with Crippen LogP contribution in [0.3, 0.4) is 0 Å². The summed E-state index contributed by atoms with van der Waals surface area (Å²) in [6.07, 6.45) is 3.20. The van der Waals surface area contributed by atoms with Gasteiger partial charge in [0.15, 0.2) is 0 Å². The van der Waals surface area contributed by atoms with Gasteiger partial charge in [-0.3, -0.25) is 14.5 Å². The van der Waals surface area contributed by atoms with Crippen molar-refractivity contribution in [3.05, 3.63) is 35.6 Å². The fourth-order valence-electron chi connectivity index (χ4n) is 3.76. The summed E-state index contributed by atoms with van der Waals surface area (Å²) in [6, 6.07) is 5.62. The number of carbonyl (C=O) groups is 2. The van der Waals surface area contributed by atoms with E-state index in [-0.39, 0.29) is 36.1 Å². The molecule has 144 valence electrons. The molecule has 1 atom stereocenters. The van der Waals surface area contributed by atoms with E-state index >= 15 is 0 Å². The normalized spacial score (nSPS) is 21.2. The molecule has 2 heterocycles. The zero-order valence-corrected chi connectivity index (χ0v) is 16.0. The fraction of sp³-hybridized carbons (Fsp3) is 0.579. The van der Waals surface area contributed by atoms with Crippen LogP contribution in [0.25, 0.3) is 0 Å². The number of hydrogen-bond donors (Lipinski definition) is 0. The lowest BCUT2D eigenvalue weighted by Gasteiger charge is -2.40. The number of nitrogens with zero attached hydrogens (tertiary/aromatic N) is 3. The van der Waals surface area contributed by atoms with E-state index in [4.69, 9.17) is 0 Å². The molecule has 0 N–H and O–H groups in total. The second-order valence-electron chi connectivity index (χ2n) is 6.76. The van der Waals surface area contributed by atoms with Gasteiger partial charge in [0.2, 0.25) is 5.91 Å². The molecule has 7 heteroatoms. The van der Waals surface area contributed by atoms with Gasteiger partial charge in [-0.1, -0.05) is 13.3 Å². The van der Waals surface area contributed by atoms with Crippen LogP contribution in [0.5, 0.6) is 0 Å². The van der Waals surface area contributed by atoms with Crippen LogP contribution in [0.1, 0.15) is 36.5 Å². The second kappa shape index (κ2) is 9.33. The van der Waals surface area contributed by atoms with E-state index in [9.17, 15) is 14.0 Å². The SMILES string of the molecule is CCN1CCCC[C@H]1C(=O)N1CCN(C(=O)c2ccc(F)cc2)CC1.Cl. The number of rotatable bonds is 3. The lowest BCUT2D eigenvalue weighted by atomic mass is 10.0. The molecule has 0 aromatic heterocycles. The molecule has 2 fully saturated rings. The molecule has 5 nitrogen and oxygen atoms in total. The number of amides is 2. The van der Waals surface area contributed by atoms with Gasteiger partial charge in [0.1, 0.15) is 5.82 Å². The van der Waals surface area contributed by atoms with Gasteiger partial charge in [-0.15, -0.1) is 12.4 Å². The Morgan fingerprint density at radius 2 is 1.62 bits per heavy atom. The Balaban J connectivity index is 0.00000243. The van der Waals surface area contributed by atoms with Gasteiger partial charge in [0, 0.05) is 31.7 Å². The number of piperazine rings is 1. The Bertz CT molecular complexity index is 618. The largest absolute Gasteiger partial charge is 0.338 e. The highest BCUT2D eigenvalue weighted by Gasteiger charge is 2.33. The molecule has 26 heavy (non-hydrogen) atoms. The van der Waals surface area contributed by atoms with Crippen LogP contribution < -0.4 is 0 Å². The summed E-state index contributed by atoms with van der Waals surface area (Å²) < 4.78 is 13.0. The number of likely N-dealkylation sites (N-methyl/N-ethyl adjacent to an activating group) is 1. The van der Waals surface area contributed by atoms with E-state index < -0.39 is 0 Å². The molecule has 2 aliphatic rings. The molecule has 2 saturated heterocycles. The Morgan fingerprint density at radius 3 is 2.23 bits per heavy atom. The van der Waals surface area contributed by atoms with Gasteiger partial charge >= 0.3 is 0 Å². The predicted octanol–water partition coefficient (Wildman–Crippen LogP) is 2.41. The minimum atomic E-state index is -0.347. The number of halogens is 2. The molecule has 0 spiro atoms. The zero-order valence-electron chi connectivity index (χ0n) is 15.2. The van der Waals surface area contributed by atoms with E-state index in [1.165, 1.54) is 24.3 Å². The predicted molar refractivity (Wildman–Crippen MR) is 101 cm³/mol. The van der Waals surface area contributed by atoms with Crippen LogP contribution >= 0.6 is 12.4 Å². The van der Waals surface area contributed by atoms with Crippen LogP contribution in [-0.2, 0) is 4.79 Å². The standard InChI is InChI=1S/C19H26FN3O2.ClH/c1-2-21-10-4-3-5-17(21)19(25)23-13-11-22(12-14-23)18(24)15-6-8-16(20)9-7-15;/h6-9,17H,2-5,10-14H2,1H3;1H/t17-;/m0./s1. The van der Waals surface area contributed by atoms with Crippen LogP contribution in [0.15, 0.2) is 24.3 Å². The van der Waals surface area contributed by atoms with Crippen molar-refractivity contribution in [2.45, 2.75) is 32.2 Å². The van der Waals surface area contributed by atoms with E-state index in [1.807, 2.05) is 4.90 Å². The lowest BCUT2D eigenvalue weighted by Crippen LogP contribution is -2.56. The number of carbonyl (C=O) groups excluding carboxylic acids is 2. The van der Waals surface area contributed by atoms with Gasteiger partial charge in [-0.25, -0.2) is 4.39 Å². The average molecular weight is 384 g/mol. The summed E-state index contributed by atoms with van der Waals surface area (Å²) in [4.78, 5) is 31.2. The third-order valence-corrected chi connectivity index (χ3v) is 5.27. The fourth-order valence-corrected chi connectivity index (χ4v) is 3.76.